The zero-order valence-electron chi connectivity index (χ0n) is 66.7. The lowest BCUT2D eigenvalue weighted by molar-refractivity contribution is -0.139. The summed E-state index contributed by atoms with van der Waals surface area (Å²) in [6.07, 6.45) is 13.6. The second kappa shape index (κ2) is 38.3. The van der Waals surface area contributed by atoms with Gasteiger partial charge in [0.25, 0.3) is 31.9 Å². The van der Waals surface area contributed by atoms with Gasteiger partial charge in [-0.25, -0.2) is 46.2 Å². The van der Waals surface area contributed by atoms with E-state index in [0.29, 0.717) is 107 Å². The van der Waals surface area contributed by atoms with Crippen LogP contribution in [0.4, 0.5) is 21.6 Å². The number of methoxy groups -OCH3 is 2. The molecule has 4 fully saturated rings. The number of unbranched alkanes of at least 4 members (excludes halogenated alkanes) is 5. The molecule has 2 saturated heterocycles. The first-order valence-electron chi connectivity index (χ1n) is 39.9. The van der Waals surface area contributed by atoms with Crippen molar-refractivity contribution < 1.29 is 69.7 Å². The number of nitrogens with zero attached hydrogens (tertiary/aromatic N) is 5. The van der Waals surface area contributed by atoms with Crippen LogP contribution in [0.15, 0.2) is 143 Å². The maximum absolute atomic E-state index is 14.4. The highest BCUT2D eigenvalue weighted by Gasteiger charge is 2.63. The van der Waals surface area contributed by atoms with Crippen LogP contribution in [0.2, 0.25) is 0 Å². The number of sulfonamides is 2. The maximum atomic E-state index is 14.4. The minimum atomic E-state index is -4.33. The molecular formula is C84H104N14O15S4. The van der Waals surface area contributed by atoms with E-state index in [-0.39, 0.29) is 66.4 Å². The summed E-state index contributed by atoms with van der Waals surface area (Å²) in [6, 6.07) is 26.3. The summed E-state index contributed by atoms with van der Waals surface area (Å²) in [4.78, 5) is 101. The van der Waals surface area contributed by atoms with Crippen LogP contribution in [0.5, 0.6) is 23.0 Å². The summed E-state index contributed by atoms with van der Waals surface area (Å²) in [6.45, 7) is 17.4. The van der Waals surface area contributed by atoms with E-state index in [2.05, 4.69) is 59.8 Å². The normalized spacial score (nSPS) is 22.1. The van der Waals surface area contributed by atoms with E-state index in [9.17, 15) is 45.6 Å². The predicted octanol–water partition coefficient (Wildman–Crippen LogP) is 12.3. The number of carbonyl (C=O) groups is 6. The van der Waals surface area contributed by atoms with Crippen LogP contribution in [0.1, 0.15) is 143 Å². The van der Waals surface area contributed by atoms with Crippen LogP contribution < -0.4 is 65.6 Å². The number of benzene rings is 4. The van der Waals surface area contributed by atoms with Gasteiger partial charge in [-0.1, -0.05) is 87.8 Å². The molecule has 8 atom stereocenters. The number of fused-ring (bicyclic) bond motifs is 4. The van der Waals surface area contributed by atoms with Gasteiger partial charge in [-0.15, -0.1) is 35.8 Å². The van der Waals surface area contributed by atoms with Gasteiger partial charge in [0.05, 0.1) is 60.6 Å². The van der Waals surface area contributed by atoms with Crippen molar-refractivity contribution in [1.82, 2.24) is 50.2 Å². The number of ether oxygens (including phenoxy) is 4. The number of aliphatic carboxylic acids is 1. The summed E-state index contributed by atoms with van der Waals surface area (Å²) in [5.74, 6) is -2.32. The zero-order valence-corrected chi connectivity index (χ0v) is 69.9. The van der Waals surface area contributed by atoms with E-state index in [0.717, 1.165) is 85.2 Å². The summed E-state index contributed by atoms with van der Waals surface area (Å²) in [5, 5.41) is 37.7. The summed E-state index contributed by atoms with van der Waals surface area (Å²) < 4.78 is 83.4. The highest BCUT2D eigenvalue weighted by Crippen LogP contribution is 2.47. The van der Waals surface area contributed by atoms with Gasteiger partial charge in [0.1, 0.15) is 73.5 Å². The standard InChI is InChI=1S/C42H53N7O8S2.C42H51N7O7S2/c1-5-27-23-42(27,40(53)49-59(54,55)37-15-12-11-14-31(37)43-19-13-9-7-6-8-10-16-38(50)51)48-39(52)34-21-29(24-44-34)57-36-22-33(35-25-58-41(47-35)45-26(2)3)46-32-20-28(56-4)17-18-30(32)36;1-5-27-23-42(27)40(52)48-58(53,54)37-15-12-11-14-31(37)43-19-13-9-7-6-8-10-16-38(50)49-24-29(21-35(49)39(51)47-42)56-36-22-33(34-25-57-41(46-34)44-26(2)3)45-32-20-28(55-4)17-18-30(32)36/h5,11-12,14-15,17-18,20,22,25-27,29,34,43-44H,1,6-10,13,16,19,21,23-24H2,2-4H3,(H,45,47)(H,48,52)(H,49,53)(H,50,51);5,11-12,14-15,17-18,20,22,25-27,29,35,43H,1,6-10,13,16,19,21,23-24H2,2-4H3,(H,44,46)(H,47,51)(H,48,52)/t27-,29-,34+,42-;27-,29-,35+,42-/m11/s1. The number of carbonyl (C=O) groups excluding carboxylic acids is 5. The second-order valence-electron chi connectivity index (χ2n) is 30.8. The van der Waals surface area contributed by atoms with Gasteiger partial charge >= 0.3 is 5.97 Å². The Bertz CT molecular complexity index is 5200. The molecule has 5 aliphatic rings. The lowest BCUT2D eigenvalue weighted by Crippen LogP contribution is -2.56. The molecule has 4 aromatic carbocycles. The average Bonchev–Trinajstić information content (AvgIpc) is 1.58. The molecule has 624 valence electrons. The van der Waals surface area contributed by atoms with Crippen molar-refractivity contribution in [3.63, 3.8) is 0 Å². The molecule has 5 amide bonds. The van der Waals surface area contributed by atoms with Gasteiger partial charge in [0, 0.05) is 115 Å². The third-order valence-electron chi connectivity index (χ3n) is 21.4. The predicted molar refractivity (Wildman–Crippen MR) is 453 cm³/mol. The highest BCUT2D eigenvalue weighted by molar-refractivity contribution is 7.90. The Morgan fingerprint density at radius 1 is 0.701 bits per heavy atom. The molecule has 0 radical (unpaired) electrons. The Morgan fingerprint density at radius 2 is 1.29 bits per heavy atom. The number of hydrogen-bond donors (Lipinski definition) is 10. The molecule has 117 heavy (non-hydrogen) atoms. The third-order valence-corrected chi connectivity index (χ3v) is 25.7. The van der Waals surface area contributed by atoms with E-state index >= 15 is 0 Å². The minimum Gasteiger partial charge on any atom is -0.497 e. The van der Waals surface area contributed by atoms with Crippen LogP contribution in [0.25, 0.3) is 44.6 Å². The molecule has 0 unspecified atom stereocenters. The molecule has 7 heterocycles. The maximum Gasteiger partial charge on any atom is 0.303 e. The number of hydrogen-bond acceptors (Lipinski definition) is 25. The van der Waals surface area contributed by atoms with Gasteiger partial charge in [0.15, 0.2) is 10.3 Å². The molecule has 13 rings (SSSR count). The first kappa shape index (κ1) is 85.9. The molecule has 2 aliphatic carbocycles. The van der Waals surface area contributed by atoms with E-state index in [1.54, 1.807) is 61.6 Å². The SMILES string of the molecule is C=C[C@@H]1C[C@@]12NC(=O)[C@@H]1C[C@@H](Oc3cc(-c4csc(NC(C)C)n4)nc4cc(OC)ccc34)CN1C(=O)CCCCCCCCNc1ccccc1S(=O)(=O)NC2=O.C=C[C@@H]1C[C@]1(NC(=O)[C@@H]1C[C@@H](Oc2cc(-c3csc(NC(C)C)n3)nc3cc(OC)ccc23)CN1)C(=O)NS(=O)(=O)c1ccccc1NCCCCCCCCC(=O)O. The number of para-hydroxylation sites is 2. The van der Waals surface area contributed by atoms with E-state index in [4.69, 9.17) is 44.0 Å². The molecule has 1 spiro atoms. The van der Waals surface area contributed by atoms with Crippen molar-refractivity contribution >= 4 is 122 Å². The van der Waals surface area contributed by atoms with E-state index in [1.165, 1.54) is 40.9 Å². The molecular weight excluding hydrogens is 1570 g/mol. The third kappa shape index (κ3) is 21.3. The number of rotatable bonds is 29. The summed E-state index contributed by atoms with van der Waals surface area (Å²) in [5.41, 5.74) is 1.56. The molecule has 10 N–H and O–H groups in total. The van der Waals surface area contributed by atoms with Crippen molar-refractivity contribution in [3.05, 3.63) is 133 Å². The molecule has 4 aromatic heterocycles. The largest absolute Gasteiger partial charge is 0.497 e. The summed E-state index contributed by atoms with van der Waals surface area (Å²) in [7, 11) is -5.48. The number of pyridine rings is 2. The number of thiazole rings is 2. The Kier molecular flexibility index (Phi) is 28.1. The topological polar surface area (TPSA) is 391 Å². The molecule has 2 saturated carbocycles. The number of carboxylic acids is 1. The Morgan fingerprint density at radius 3 is 1.90 bits per heavy atom. The van der Waals surface area contributed by atoms with Gasteiger partial charge in [0.2, 0.25) is 17.7 Å². The average molecular weight is 1680 g/mol. The van der Waals surface area contributed by atoms with Gasteiger partial charge in [-0.3, -0.25) is 28.8 Å². The van der Waals surface area contributed by atoms with Gasteiger partial charge < -0.3 is 66.2 Å². The molecule has 8 aromatic rings. The number of carboxylic acid groups (broad SMARTS) is 1. The highest BCUT2D eigenvalue weighted by atomic mass is 32.2. The smallest absolute Gasteiger partial charge is 0.303 e. The van der Waals surface area contributed by atoms with Crippen LogP contribution in [0, 0.1) is 11.8 Å². The van der Waals surface area contributed by atoms with Crippen LogP contribution in [0.3, 0.4) is 0 Å². The number of anilines is 4. The minimum absolute atomic E-state index is 0.0599. The summed E-state index contributed by atoms with van der Waals surface area (Å²) >= 11 is 2.96. The van der Waals surface area contributed by atoms with Crippen molar-refractivity contribution in [3.8, 4) is 45.8 Å². The fourth-order valence-corrected chi connectivity index (χ4v) is 19.1. The van der Waals surface area contributed by atoms with Crippen LogP contribution in [-0.2, 0) is 48.8 Å². The number of aromatic nitrogens is 4. The van der Waals surface area contributed by atoms with Crippen LogP contribution >= 0.6 is 22.7 Å². The van der Waals surface area contributed by atoms with Gasteiger partial charge in [-0.2, -0.15) is 0 Å². The Balaban J connectivity index is 0.000000215. The number of amides is 5. The van der Waals surface area contributed by atoms with Crippen LogP contribution in [-0.4, -0.2) is 170 Å². The second-order valence-corrected chi connectivity index (χ2v) is 35.8. The van der Waals surface area contributed by atoms with Crippen molar-refractivity contribution in [2.45, 2.75) is 201 Å². The zero-order chi connectivity index (χ0) is 83.2. The van der Waals surface area contributed by atoms with Crippen molar-refractivity contribution in [1.29, 1.82) is 0 Å². The first-order valence-corrected chi connectivity index (χ1v) is 44.6. The van der Waals surface area contributed by atoms with Crippen molar-refractivity contribution in [2.75, 3.05) is 61.7 Å². The Hall–Kier alpha value is -10.5. The fraction of sp³-hybridized carbons (Fsp3) is 0.452. The molecule has 33 heteroatoms. The molecule has 3 aliphatic heterocycles. The lowest BCUT2D eigenvalue weighted by atomic mass is 10.1. The lowest BCUT2D eigenvalue weighted by Gasteiger charge is -2.26. The van der Waals surface area contributed by atoms with E-state index < -0.39 is 96.8 Å². The van der Waals surface area contributed by atoms with Crippen molar-refractivity contribution in [2.24, 2.45) is 11.8 Å². The monoisotopic (exact) mass is 1680 g/mol. The number of nitrogens with one attached hydrogen (secondary N) is 9. The van der Waals surface area contributed by atoms with Gasteiger partial charge in [-0.05, 0) is 115 Å². The van der Waals surface area contributed by atoms with E-state index in [1.807, 2.05) is 87.0 Å². The molecule has 0 bridgehead atoms. The first-order chi connectivity index (χ1) is 56.2. The fourth-order valence-electron chi connectivity index (χ4n) is 14.9. The Labute approximate surface area is 690 Å². The quantitative estimate of drug-likeness (QED) is 0.0154. The molecule has 29 nitrogen and oxygen atoms in total.